The first-order valence-corrected chi connectivity index (χ1v) is 8.91. The monoisotopic (exact) mass is 346 g/mol. The summed E-state index contributed by atoms with van der Waals surface area (Å²) < 4.78 is 29.2. The van der Waals surface area contributed by atoms with E-state index in [0.717, 1.165) is 30.0 Å². The van der Waals surface area contributed by atoms with Gasteiger partial charge in [-0.3, -0.25) is 0 Å². The van der Waals surface area contributed by atoms with Crippen LogP contribution < -0.4 is 0 Å². The first kappa shape index (κ1) is 16.2. The molecule has 0 saturated carbocycles. The summed E-state index contributed by atoms with van der Waals surface area (Å²) in [5, 5.41) is 2.10. The topological polar surface area (TPSA) is 43.4 Å². The minimum Gasteiger partial charge on any atom is -0.498 e. The van der Waals surface area contributed by atoms with Crippen molar-refractivity contribution in [3.63, 3.8) is 0 Å². The highest BCUT2D eigenvalue weighted by molar-refractivity contribution is 9.09. The second-order valence-corrected chi connectivity index (χ2v) is 6.89. The van der Waals surface area contributed by atoms with Gasteiger partial charge in [0.2, 0.25) is 9.84 Å². The Kier molecular flexibility index (Phi) is 7.16. The SMILES string of the molecule is CC(CCCCBr)O/C=C/S(=O)(=O)c1ccccc1. The van der Waals surface area contributed by atoms with Gasteiger partial charge in [0, 0.05) is 5.33 Å². The van der Waals surface area contributed by atoms with Gasteiger partial charge in [-0.2, -0.15) is 0 Å². The van der Waals surface area contributed by atoms with Crippen LogP contribution in [0.15, 0.2) is 46.9 Å². The number of hydrogen-bond donors (Lipinski definition) is 0. The van der Waals surface area contributed by atoms with Crippen molar-refractivity contribution in [1.29, 1.82) is 0 Å². The summed E-state index contributed by atoms with van der Waals surface area (Å²) in [5.41, 5.74) is 0. The molecular formula is C14H19BrO3S. The maximum Gasteiger partial charge on any atom is 0.202 e. The molecule has 0 amide bonds. The van der Waals surface area contributed by atoms with E-state index in [1.54, 1.807) is 30.3 Å². The number of unbranched alkanes of at least 4 members (excludes halogenated alkanes) is 1. The molecule has 1 aromatic rings. The highest BCUT2D eigenvalue weighted by atomic mass is 79.9. The van der Waals surface area contributed by atoms with Crippen molar-refractivity contribution in [3.05, 3.63) is 42.0 Å². The van der Waals surface area contributed by atoms with Crippen LogP contribution in [0.1, 0.15) is 26.2 Å². The number of ether oxygens (including phenoxy) is 1. The zero-order valence-electron chi connectivity index (χ0n) is 11.0. The average Bonchev–Trinajstić information content (AvgIpc) is 2.40. The Hall–Kier alpha value is -0.810. The maximum absolute atomic E-state index is 11.9. The molecule has 0 aliphatic heterocycles. The molecule has 3 nitrogen and oxygen atoms in total. The molecule has 0 aliphatic carbocycles. The summed E-state index contributed by atoms with van der Waals surface area (Å²) in [6.07, 6.45) is 4.38. The summed E-state index contributed by atoms with van der Waals surface area (Å²) in [4.78, 5) is 0.279. The van der Waals surface area contributed by atoms with Gasteiger partial charge < -0.3 is 4.74 Å². The van der Waals surface area contributed by atoms with Crippen LogP contribution in [0.3, 0.4) is 0 Å². The minimum atomic E-state index is -3.39. The van der Waals surface area contributed by atoms with Gasteiger partial charge >= 0.3 is 0 Å². The summed E-state index contributed by atoms with van der Waals surface area (Å²) >= 11 is 3.37. The van der Waals surface area contributed by atoms with Crippen LogP contribution in [0.25, 0.3) is 0 Å². The number of rotatable bonds is 8. The molecule has 0 spiro atoms. The lowest BCUT2D eigenvalue weighted by Crippen LogP contribution is -2.04. The van der Waals surface area contributed by atoms with Crippen molar-refractivity contribution >= 4 is 25.8 Å². The molecule has 0 N–H and O–H groups in total. The van der Waals surface area contributed by atoms with E-state index in [-0.39, 0.29) is 11.0 Å². The summed E-state index contributed by atoms with van der Waals surface area (Å²) in [5.74, 6) is 0. The van der Waals surface area contributed by atoms with E-state index in [1.165, 1.54) is 6.26 Å². The molecule has 0 bridgehead atoms. The van der Waals surface area contributed by atoms with E-state index in [2.05, 4.69) is 15.9 Å². The quantitative estimate of drug-likeness (QED) is 0.407. The van der Waals surface area contributed by atoms with Crippen LogP contribution >= 0.6 is 15.9 Å². The fraction of sp³-hybridized carbons (Fsp3) is 0.429. The molecule has 106 valence electrons. The van der Waals surface area contributed by atoms with Gasteiger partial charge in [-0.15, -0.1) is 0 Å². The van der Waals surface area contributed by atoms with Crippen molar-refractivity contribution < 1.29 is 13.2 Å². The third-order valence-corrected chi connectivity index (χ3v) is 4.57. The van der Waals surface area contributed by atoms with Crippen LogP contribution in [-0.4, -0.2) is 19.9 Å². The van der Waals surface area contributed by atoms with E-state index < -0.39 is 9.84 Å². The zero-order chi connectivity index (χ0) is 14.1. The van der Waals surface area contributed by atoms with Crippen molar-refractivity contribution in [1.82, 2.24) is 0 Å². The van der Waals surface area contributed by atoms with Gasteiger partial charge in [0.05, 0.1) is 22.7 Å². The van der Waals surface area contributed by atoms with Crippen LogP contribution in [0.2, 0.25) is 0 Å². The Balaban J connectivity index is 2.48. The van der Waals surface area contributed by atoms with Gasteiger partial charge in [-0.1, -0.05) is 34.1 Å². The van der Waals surface area contributed by atoms with Crippen molar-refractivity contribution in [2.24, 2.45) is 0 Å². The minimum absolute atomic E-state index is 0.0290. The molecule has 0 aliphatic rings. The van der Waals surface area contributed by atoms with Gasteiger partial charge in [0.25, 0.3) is 0 Å². The molecule has 0 fully saturated rings. The summed E-state index contributed by atoms with van der Waals surface area (Å²) in [6, 6.07) is 8.32. The van der Waals surface area contributed by atoms with E-state index in [0.29, 0.717) is 0 Å². The molecule has 0 radical (unpaired) electrons. The van der Waals surface area contributed by atoms with Gasteiger partial charge in [-0.25, -0.2) is 8.42 Å². The largest absolute Gasteiger partial charge is 0.498 e. The number of hydrogen-bond acceptors (Lipinski definition) is 3. The van der Waals surface area contributed by atoms with Crippen LogP contribution in [0.4, 0.5) is 0 Å². The molecule has 19 heavy (non-hydrogen) atoms. The van der Waals surface area contributed by atoms with Crippen LogP contribution in [0.5, 0.6) is 0 Å². The van der Waals surface area contributed by atoms with E-state index in [9.17, 15) is 8.42 Å². The Bertz CT molecular complexity index is 483. The Labute approximate surface area is 123 Å². The smallest absolute Gasteiger partial charge is 0.202 e. The van der Waals surface area contributed by atoms with Gasteiger partial charge in [-0.05, 0) is 38.3 Å². The Morgan fingerprint density at radius 3 is 2.58 bits per heavy atom. The average molecular weight is 347 g/mol. The number of benzene rings is 1. The predicted molar refractivity (Wildman–Crippen MR) is 81.0 cm³/mol. The molecule has 0 saturated heterocycles. The van der Waals surface area contributed by atoms with E-state index in [1.807, 2.05) is 6.92 Å². The third kappa shape index (κ3) is 6.25. The highest BCUT2D eigenvalue weighted by Gasteiger charge is 2.09. The van der Waals surface area contributed by atoms with Gasteiger partial charge in [0.1, 0.15) is 0 Å². The molecule has 0 aromatic heterocycles. The molecule has 1 aromatic carbocycles. The van der Waals surface area contributed by atoms with E-state index >= 15 is 0 Å². The second kappa shape index (κ2) is 8.38. The lowest BCUT2D eigenvalue weighted by molar-refractivity contribution is 0.151. The van der Waals surface area contributed by atoms with Gasteiger partial charge in [0.15, 0.2) is 0 Å². The molecule has 1 atom stereocenters. The molecule has 1 unspecified atom stereocenters. The van der Waals surface area contributed by atoms with E-state index in [4.69, 9.17) is 4.74 Å². The maximum atomic E-state index is 11.9. The standard InChI is InChI=1S/C14H19BrO3S/c1-13(7-5-6-10-15)18-11-12-19(16,17)14-8-3-2-4-9-14/h2-4,8-9,11-13H,5-7,10H2,1H3/b12-11+. The lowest BCUT2D eigenvalue weighted by Gasteiger charge is -2.10. The predicted octanol–water partition coefficient (Wildman–Crippen LogP) is 3.90. The fourth-order valence-electron chi connectivity index (χ4n) is 1.52. The summed E-state index contributed by atoms with van der Waals surface area (Å²) in [7, 11) is -3.39. The lowest BCUT2D eigenvalue weighted by atomic mass is 10.2. The molecule has 5 heteroatoms. The number of alkyl halides is 1. The Morgan fingerprint density at radius 1 is 1.26 bits per heavy atom. The number of halogens is 1. The molecule has 1 rings (SSSR count). The Morgan fingerprint density at radius 2 is 1.95 bits per heavy atom. The summed E-state index contributed by atoms with van der Waals surface area (Å²) in [6.45, 7) is 1.94. The number of sulfone groups is 1. The fourth-order valence-corrected chi connectivity index (χ4v) is 2.82. The van der Waals surface area contributed by atoms with Crippen molar-refractivity contribution in [2.75, 3.05) is 5.33 Å². The van der Waals surface area contributed by atoms with Crippen molar-refractivity contribution in [2.45, 2.75) is 37.2 Å². The zero-order valence-corrected chi connectivity index (χ0v) is 13.4. The highest BCUT2D eigenvalue weighted by Crippen LogP contribution is 2.12. The third-order valence-electron chi connectivity index (χ3n) is 2.61. The first-order chi connectivity index (χ1) is 9.06. The molecule has 0 heterocycles. The van der Waals surface area contributed by atoms with Crippen molar-refractivity contribution in [3.8, 4) is 0 Å². The molecular weight excluding hydrogens is 328 g/mol. The first-order valence-electron chi connectivity index (χ1n) is 6.24. The second-order valence-electron chi connectivity index (χ2n) is 4.26. The van der Waals surface area contributed by atoms with Crippen LogP contribution in [-0.2, 0) is 14.6 Å². The normalized spacial score (nSPS) is 13.6. The van der Waals surface area contributed by atoms with Crippen LogP contribution in [0, 0.1) is 0 Å².